The van der Waals surface area contributed by atoms with E-state index in [1.54, 1.807) is 37.3 Å². The highest BCUT2D eigenvalue weighted by molar-refractivity contribution is 6.33. The Kier molecular flexibility index (Phi) is 10.00. The minimum Gasteiger partial charge on any atom is -0.497 e. The van der Waals surface area contributed by atoms with Crippen molar-refractivity contribution in [1.29, 1.82) is 0 Å². The number of hydrogen-bond acceptors (Lipinski definition) is 5. The van der Waals surface area contributed by atoms with Gasteiger partial charge in [-0.1, -0.05) is 60.2 Å². The van der Waals surface area contributed by atoms with Crippen molar-refractivity contribution in [2.75, 3.05) is 60.0 Å². The lowest BCUT2D eigenvalue weighted by atomic mass is 10.1. The van der Waals surface area contributed by atoms with Gasteiger partial charge in [0.15, 0.2) is 0 Å². The highest BCUT2D eigenvalue weighted by Gasteiger charge is 2.24. The molecule has 1 aliphatic heterocycles. The number of carbonyl (C=O) groups is 2. The second-order valence-corrected chi connectivity index (χ2v) is 9.65. The van der Waals surface area contributed by atoms with Crippen molar-refractivity contribution in [3.63, 3.8) is 0 Å². The fraction of sp³-hybridized carbons (Fsp3) is 0.290. The van der Waals surface area contributed by atoms with Crippen LogP contribution in [0.3, 0.4) is 0 Å². The van der Waals surface area contributed by atoms with Gasteiger partial charge in [-0.3, -0.25) is 14.5 Å². The van der Waals surface area contributed by atoms with Crippen LogP contribution >= 0.6 is 11.6 Å². The lowest BCUT2D eigenvalue weighted by Crippen LogP contribution is -2.50. The van der Waals surface area contributed by atoms with E-state index < -0.39 is 0 Å². The SMILES string of the molecule is COc1cccc(C(=O)N2CCN(CCN(C/C=C/c3ccccc3OC)C(=O)c3ccccc3Cl)CC2)c1. The van der Waals surface area contributed by atoms with Crippen LogP contribution in [0.25, 0.3) is 6.08 Å². The van der Waals surface area contributed by atoms with Crippen LogP contribution in [0.5, 0.6) is 11.5 Å². The first-order chi connectivity index (χ1) is 19.0. The number of hydrogen-bond donors (Lipinski definition) is 0. The Morgan fingerprint density at radius 3 is 2.41 bits per heavy atom. The number of amides is 2. The summed E-state index contributed by atoms with van der Waals surface area (Å²) in [6.07, 6.45) is 3.94. The van der Waals surface area contributed by atoms with Crippen LogP contribution in [-0.2, 0) is 0 Å². The third-order valence-electron chi connectivity index (χ3n) is 6.82. The monoisotopic (exact) mass is 547 g/mol. The molecular weight excluding hydrogens is 514 g/mol. The number of ether oxygens (including phenoxy) is 2. The van der Waals surface area contributed by atoms with E-state index in [0.717, 1.165) is 24.4 Å². The molecule has 0 N–H and O–H groups in total. The second kappa shape index (κ2) is 13.8. The molecule has 0 atom stereocenters. The first-order valence-electron chi connectivity index (χ1n) is 13.0. The zero-order valence-electron chi connectivity index (χ0n) is 22.4. The smallest absolute Gasteiger partial charge is 0.255 e. The fourth-order valence-electron chi connectivity index (χ4n) is 4.57. The molecule has 8 heteroatoms. The van der Waals surface area contributed by atoms with Crippen LogP contribution in [-0.4, -0.2) is 86.5 Å². The van der Waals surface area contributed by atoms with Gasteiger partial charge in [0.1, 0.15) is 11.5 Å². The first kappa shape index (κ1) is 28.2. The topological polar surface area (TPSA) is 62.3 Å². The van der Waals surface area contributed by atoms with Gasteiger partial charge in [-0.2, -0.15) is 0 Å². The number of nitrogens with zero attached hydrogens (tertiary/aromatic N) is 3. The maximum absolute atomic E-state index is 13.5. The van der Waals surface area contributed by atoms with Crippen LogP contribution in [0, 0.1) is 0 Å². The zero-order chi connectivity index (χ0) is 27.6. The van der Waals surface area contributed by atoms with Crippen molar-refractivity contribution in [3.05, 3.63) is 101 Å². The number of rotatable bonds is 10. The molecule has 0 radical (unpaired) electrons. The molecule has 0 unspecified atom stereocenters. The number of para-hydroxylation sites is 1. The van der Waals surface area contributed by atoms with Crippen molar-refractivity contribution in [2.45, 2.75) is 0 Å². The Hall–Kier alpha value is -3.81. The molecule has 0 saturated carbocycles. The lowest BCUT2D eigenvalue weighted by Gasteiger charge is -2.36. The number of carbonyl (C=O) groups excluding carboxylic acids is 2. The highest BCUT2D eigenvalue weighted by Crippen LogP contribution is 2.20. The molecule has 39 heavy (non-hydrogen) atoms. The Balaban J connectivity index is 1.38. The minimum absolute atomic E-state index is 0.00514. The Morgan fingerprint density at radius 1 is 0.923 bits per heavy atom. The van der Waals surface area contributed by atoms with E-state index in [-0.39, 0.29) is 11.8 Å². The molecule has 3 aromatic rings. The average Bonchev–Trinajstić information content (AvgIpc) is 2.99. The summed E-state index contributed by atoms with van der Waals surface area (Å²) in [5, 5.41) is 0.436. The van der Waals surface area contributed by atoms with Crippen LogP contribution in [0.15, 0.2) is 78.9 Å². The van der Waals surface area contributed by atoms with Crippen LogP contribution in [0.4, 0.5) is 0 Å². The average molecular weight is 548 g/mol. The summed E-state index contributed by atoms with van der Waals surface area (Å²) in [6, 6.07) is 22.1. The molecule has 0 aliphatic carbocycles. The largest absolute Gasteiger partial charge is 0.497 e. The molecule has 1 heterocycles. The fourth-order valence-corrected chi connectivity index (χ4v) is 4.78. The van der Waals surface area contributed by atoms with Crippen molar-refractivity contribution >= 4 is 29.5 Å². The van der Waals surface area contributed by atoms with Gasteiger partial charge in [0.25, 0.3) is 11.8 Å². The van der Waals surface area contributed by atoms with Gasteiger partial charge >= 0.3 is 0 Å². The molecular formula is C31H34ClN3O4. The summed E-state index contributed by atoms with van der Waals surface area (Å²) in [7, 11) is 3.24. The molecule has 0 bridgehead atoms. The first-order valence-corrected chi connectivity index (χ1v) is 13.4. The van der Waals surface area contributed by atoms with Crippen molar-refractivity contribution in [1.82, 2.24) is 14.7 Å². The second-order valence-electron chi connectivity index (χ2n) is 9.24. The maximum Gasteiger partial charge on any atom is 0.255 e. The van der Waals surface area contributed by atoms with Gasteiger partial charge in [0.2, 0.25) is 0 Å². The Morgan fingerprint density at radius 2 is 1.67 bits per heavy atom. The van der Waals surface area contributed by atoms with Gasteiger partial charge in [0, 0.05) is 56.9 Å². The lowest BCUT2D eigenvalue weighted by molar-refractivity contribution is 0.0609. The van der Waals surface area contributed by atoms with Crippen molar-refractivity contribution in [3.8, 4) is 11.5 Å². The third-order valence-corrected chi connectivity index (χ3v) is 7.15. The molecule has 204 valence electrons. The molecule has 3 aromatic carbocycles. The van der Waals surface area contributed by atoms with Crippen molar-refractivity contribution in [2.24, 2.45) is 0 Å². The summed E-state index contributed by atoms with van der Waals surface area (Å²) in [5.41, 5.74) is 2.06. The van der Waals surface area contributed by atoms with E-state index >= 15 is 0 Å². The molecule has 0 spiro atoms. The summed E-state index contributed by atoms with van der Waals surface area (Å²) in [5.74, 6) is 1.34. The number of halogens is 1. The molecule has 0 aromatic heterocycles. The van der Waals surface area contributed by atoms with Gasteiger partial charge in [-0.05, 0) is 36.4 Å². The molecule has 1 aliphatic rings. The van der Waals surface area contributed by atoms with E-state index in [4.69, 9.17) is 21.1 Å². The summed E-state index contributed by atoms with van der Waals surface area (Å²) >= 11 is 6.36. The highest BCUT2D eigenvalue weighted by atomic mass is 35.5. The van der Waals surface area contributed by atoms with E-state index in [1.165, 1.54) is 0 Å². The minimum atomic E-state index is -0.114. The predicted octanol–water partition coefficient (Wildman–Crippen LogP) is 4.97. The quantitative estimate of drug-likeness (QED) is 0.358. The predicted molar refractivity (Wildman–Crippen MR) is 155 cm³/mol. The standard InChI is InChI=1S/C31H34ClN3O4/c1-38-26-12-7-10-25(23-26)30(36)35-21-18-33(19-22-35)17-20-34(31(37)27-13-4-5-14-28(27)32)16-8-11-24-9-3-6-15-29(24)39-2/h3-15,23H,16-22H2,1-2H3/b11-8+. The summed E-state index contributed by atoms with van der Waals surface area (Å²) < 4.78 is 10.7. The van der Waals surface area contributed by atoms with E-state index in [1.807, 2.05) is 71.6 Å². The van der Waals surface area contributed by atoms with Crippen molar-refractivity contribution < 1.29 is 19.1 Å². The Bertz CT molecular complexity index is 1300. The normalized spacial score (nSPS) is 13.9. The number of methoxy groups -OCH3 is 2. The molecule has 1 saturated heterocycles. The van der Waals surface area contributed by atoms with Gasteiger partial charge in [-0.25, -0.2) is 0 Å². The number of piperazine rings is 1. The van der Waals surface area contributed by atoms with E-state index in [0.29, 0.717) is 54.6 Å². The van der Waals surface area contributed by atoms with Gasteiger partial charge in [0.05, 0.1) is 24.8 Å². The Labute approximate surface area is 235 Å². The van der Waals surface area contributed by atoms with Crippen LogP contribution < -0.4 is 9.47 Å². The third kappa shape index (κ3) is 7.40. The summed E-state index contributed by atoms with van der Waals surface area (Å²) in [6.45, 7) is 4.38. The van der Waals surface area contributed by atoms with Gasteiger partial charge < -0.3 is 19.3 Å². The molecule has 4 rings (SSSR count). The summed E-state index contributed by atoms with van der Waals surface area (Å²) in [4.78, 5) is 32.4. The van der Waals surface area contributed by atoms with E-state index in [9.17, 15) is 9.59 Å². The maximum atomic E-state index is 13.5. The van der Waals surface area contributed by atoms with Crippen LogP contribution in [0.1, 0.15) is 26.3 Å². The van der Waals surface area contributed by atoms with Crippen LogP contribution in [0.2, 0.25) is 5.02 Å². The zero-order valence-corrected chi connectivity index (χ0v) is 23.1. The number of benzene rings is 3. The molecule has 1 fully saturated rings. The van der Waals surface area contributed by atoms with Gasteiger partial charge in [-0.15, -0.1) is 0 Å². The molecule has 7 nitrogen and oxygen atoms in total. The van der Waals surface area contributed by atoms with E-state index in [2.05, 4.69) is 4.90 Å². The molecule has 2 amide bonds.